The molecule has 0 atom stereocenters. The maximum atomic E-state index is 11.5. The molecule has 0 aliphatic rings. The van der Waals surface area contributed by atoms with Crippen molar-refractivity contribution < 1.29 is 17.2 Å². The fourth-order valence-corrected chi connectivity index (χ4v) is 0.841. The van der Waals surface area contributed by atoms with Crippen molar-refractivity contribution in [1.82, 2.24) is 4.72 Å². The standard InChI is InChI=1S/C5H7F2NO2S/c1-2-3-4-8-11(9,10)5(6)7/h1,5,8H,3-4H2. The van der Waals surface area contributed by atoms with Gasteiger partial charge in [0.15, 0.2) is 0 Å². The molecule has 3 nitrogen and oxygen atoms in total. The number of rotatable bonds is 4. The number of nitrogens with one attached hydrogen (secondary N) is 1. The number of halogens is 2. The molecular formula is C5H7F2NO2S. The van der Waals surface area contributed by atoms with E-state index in [1.54, 1.807) is 4.72 Å². The zero-order valence-corrected chi connectivity index (χ0v) is 6.37. The summed E-state index contributed by atoms with van der Waals surface area (Å²) in [6.45, 7) is -0.150. The third kappa shape index (κ3) is 3.91. The van der Waals surface area contributed by atoms with Crippen LogP contribution in [-0.4, -0.2) is 20.7 Å². The molecule has 0 aliphatic heterocycles. The quantitative estimate of drug-likeness (QED) is 0.498. The van der Waals surface area contributed by atoms with Crippen LogP contribution in [0.2, 0.25) is 0 Å². The van der Waals surface area contributed by atoms with Gasteiger partial charge in [0.25, 0.3) is 10.0 Å². The Labute approximate surface area is 63.8 Å². The maximum Gasteiger partial charge on any atom is 0.350 e. The first kappa shape index (κ1) is 10.3. The monoisotopic (exact) mass is 183 g/mol. The van der Waals surface area contributed by atoms with Gasteiger partial charge in [0.1, 0.15) is 0 Å². The van der Waals surface area contributed by atoms with Crippen LogP contribution in [-0.2, 0) is 10.0 Å². The van der Waals surface area contributed by atoms with Gasteiger partial charge in [-0.1, -0.05) is 0 Å². The van der Waals surface area contributed by atoms with Gasteiger partial charge in [-0.2, -0.15) is 8.78 Å². The zero-order chi connectivity index (χ0) is 8.91. The van der Waals surface area contributed by atoms with Crippen molar-refractivity contribution in [2.24, 2.45) is 0 Å². The van der Waals surface area contributed by atoms with Crippen molar-refractivity contribution in [2.75, 3.05) is 6.54 Å². The molecule has 0 bridgehead atoms. The summed E-state index contributed by atoms with van der Waals surface area (Å²) >= 11 is 0. The molecule has 64 valence electrons. The third-order valence-electron chi connectivity index (χ3n) is 0.807. The van der Waals surface area contributed by atoms with Crippen molar-refractivity contribution >= 4 is 10.0 Å². The highest BCUT2D eigenvalue weighted by atomic mass is 32.2. The second kappa shape index (κ2) is 4.26. The van der Waals surface area contributed by atoms with Gasteiger partial charge in [0, 0.05) is 13.0 Å². The molecule has 0 aromatic rings. The number of terminal acetylenes is 1. The van der Waals surface area contributed by atoms with Crippen molar-refractivity contribution in [2.45, 2.75) is 12.2 Å². The van der Waals surface area contributed by atoms with Crippen LogP contribution in [0.15, 0.2) is 0 Å². The lowest BCUT2D eigenvalue weighted by molar-refractivity contribution is 0.232. The lowest BCUT2D eigenvalue weighted by atomic mass is 10.5. The van der Waals surface area contributed by atoms with E-state index in [2.05, 4.69) is 5.92 Å². The Morgan fingerprint density at radius 3 is 2.45 bits per heavy atom. The summed E-state index contributed by atoms with van der Waals surface area (Å²) in [5.41, 5.74) is 0. The normalized spacial score (nSPS) is 11.5. The Kier molecular flexibility index (Phi) is 4.00. The van der Waals surface area contributed by atoms with Crippen LogP contribution in [0.5, 0.6) is 0 Å². The summed E-state index contributed by atoms with van der Waals surface area (Å²) in [4.78, 5) is 0. The minimum Gasteiger partial charge on any atom is -0.209 e. The van der Waals surface area contributed by atoms with Gasteiger partial charge in [-0.25, -0.2) is 13.1 Å². The first-order chi connectivity index (χ1) is 5.00. The maximum absolute atomic E-state index is 11.5. The van der Waals surface area contributed by atoms with E-state index in [9.17, 15) is 17.2 Å². The van der Waals surface area contributed by atoms with Crippen LogP contribution in [0.25, 0.3) is 0 Å². The Balaban J connectivity index is 3.87. The average molecular weight is 183 g/mol. The molecule has 0 saturated carbocycles. The number of hydrogen-bond donors (Lipinski definition) is 1. The molecular weight excluding hydrogens is 176 g/mol. The molecule has 6 heteroatoms. The van der Waals surface area contributed by atoms with Crippen molar-refractivity contribution in [3.8, 4) is 12.3 Å². The summed E-state index contributed by atoms with van der Waals surface area (Å²) < 4.78 is 45.3. The highest BCUT2D eigenvalue weighted by Crippen LogP contribution is 2.00. The Morgan fingerprint density at radius 2 is 2.09 bits per heavy atom. The Hall–Kier alpha value is -0.670. The van der Waals surface area contributed by atoms with Crippen LogP contribution in [0.3, 0.4) is 0 Å². The molecule has 1 N–H and O–H groups in total. The molecule has 0 fully saturated rings. The van der Waals surface area contributed by atoms with E-state index in [1.807, 2.05) is 0 Å². The van der Waals surface area contributed by atoms with E-state index in [1.165, 1.54) is 0 Å². The fourth-order valence-electron chi connectivity index (χ4n) is 0.328. The van der Waals surface area contributed by atoms with E-state index in [-0.39, 0.29) is 13.0 Å². The molecule has 0 heterocycles. The Bertz CT molecular complexity index is 242. The number of alkyl halides is 2. The molecule has 0 spiro atoms. The lowest BCUT2D eigenvalue weighted by Gasteiger charge is -2.01. The largest absolute Gasteiger partial charge is 0.350 e. The highest BCUT2D eigenvalue weighted by molar-refractivity contribution is 7.89. The third-order valence-corrected chi connectivity index (χ3v) is 1.88. The first-order valence-electron chi connectivity index (χ1n) is 2.71. The van der Waals surface area contributed by atoms with Gasteiger partial charge < -0.3 is 0 Å². The molecule has 11 heavy (non-hydrogen) atoms. The molecule has 0 aromatic carbocycles. The van der Waals surface area contributed by atoms with E-state index < -0.39 is 15.8 Å². The molecule has 0 aliphatic carbocycles. The predicted octanol–water partition coefficient (Wildman–Crippen LogP) is 0.152. The highest BCUT2D eigenvalue weighted by Gasteiger charge is 2.22. The van der Waals surface area contributed by atoms with E-state index in [0.717, 1.165) is 0 Å². The van der Waals surface area contributed by atoms with Gasteiger partial charge >= 0.3 is 5.76 Å². The van der Waals surface area contributed by atoms with Crippen LogP contribution in [0.1, 0.15) is 6.42 Å². The summed E-state index contributed by atoms with van der Waals surface area (Å²) in [6.07, 6.45) is 4.86. The second-order valence-electron chi connectivity index (χ2n) is 1.65. The van der Waals surface area contributed by atoms with Crippen molar-refractivity contribution in [1.29, 1.82) is 0 Å². The van der Waals surface area contributed by atoms with Gasteiger partial charge in [0.05, 0.1) is 0 Å². The van der Waals surface area contributed by atoms with Crippen LogP contribution >= 0.6 is 0 Å². The summed E-state index contributed by atoms with van der Waals surface area (Å²) in [5, 5.41) is 0. The Morgan fingerprint density at radius 1 is 1.55 bits per heavy atom. The lowest BCUT2D eigenvalue weighted by Crippen LogP contribution is -2.29. The van der Waals surface area contributed by atoms with Crippen molar-refractivity contribution in [3.63, 3.8) is 0 Å². The number of sulfonamides is 1. The van der Waals surface area contributed by atoms with Crippen LogP contribution in [0.4, 0.5) is 8.78 Å². The summed E-state index contributed by atoms with van der Waals surface area (Å²) in [6, 6.07) is 0. The fraction of sp³-hybridized carbons (Fsp3) is 0.600. The molecule has 0 aromatic heterocycles. The van der Waals surface area contributed by atoms with E-state index >= 15 is 0 Å². The molecule has 0 saturated heterocycles. The summed E-state index contributed by atoms with van der Waals surface area (Å²) in [5.74, 6) is -1.28. The molecule has 0 radical (unpaired) electrons. The van der Waals surface area contributed by atoms with E-state index in [0.29, 0.717) is 0 Å². The minimum absolute atomic E-state index is 0.103. The minimum atomic E-state index is -4.45. The predicted molar refractivity (Wildman–Crippen MR) is 36.4 cm³/mol. The molecule has 0 rings (SSSR count). The molecule has 0 amide bonds. The van der Waals surface area contributed by atoms with Crippen LogP contribution in [0, 0.1) is 12.3 Å². The molecule has 0 unspecified atom stereocenters. The smallest absolute Gasteiger partial charge is 0.209 e. The van der Waals surface area contributed by atoms with Gasteiger partial charge in [-0.3, -0.25) is 0 Å². The van der Waals surface area contributed by atoms with Gasteiger partial charge in [-0.05, 0) is 0 Å². The number of hydrogen-bond acceptors (Lipinski definition) is 2. The zero-order valence-electron chi connectivity index (χ0n) is 5.55. The first-order valence-corrected chi connectivity index (χ1v) is 4.25. The van der Waals surface area contributed by atoms with Crippen molar-refractivity contribution in [3.05, 3.63) is 0 Å². The summed E-state index contributed by atoms with van der Waals surface area (Å²) in [7, 11) is -4.45. The topological polar surface area (TPSA) is 46.2 Å². The SMILES string of the molecule is C#CCCNS(=O)(=O)C(F)F. The van der Waals surface area contributed by atoms with Crippen LogP contribution < -0.4 is 4.72 Å². The van der Waals surface area contributed by atoms with E-state index in [4.69, 9.17) is 6.42 Å². The average Bonchev–Trinajstić information content (AvgIpc) is 1.88. The second-order valence-corrected chi connectivity index (χ2v) is 3.39. The van der Waals surface area contributed by atoms with Gasteiger partial charge in [0.2, 0.25) is 0 Å². The van der Waals surface area contributed by atoms with Gasteiger partial charge in [-0.15, -0.1) is 12.3 Å².